The third-order valence-corrected chi connectivity index (χ3v) is 12.4. The quantitative estimate of drug-likeness (QED) is 0.166. The van der Waals surface area contributed by atoms with Crippen molar-refractivity contribution in [3.05, 3.63) is 199 Å². The number of aromatic nitrogens is 3. The fraction of sp³-hybridized carbons (Fsp3) is 0.0926. The average molecular weight is 730 g/mol. The summed E-state index contributed by atoms with van der Waals surface area (Å²) in [5.74, 6) is 2.61. The summed E-state index contributed by atoms with van der Waals surface area (Å²) < 4.78 is 0. The molecule has 11 rings (SSSR count). The average Bonchev–Trinajstić information content (AvgIpc) is 3.52. The molecule has 3 heteroatoms. The van der Waals surface area contributed by atoms with Crippen molar-refractivity contribution in [2.75, 3.05) is 0 Å². The topological polar surface area (TPSA) is 38.7 Å². The Balaban J connectivity index is 1.18. The molecular weight excluding hydrogens is 691 g/mol. The Kier molecular flexibility index (Phi) is 7.65. The minimum atomic E-state index is -0.0350. The summed E-state index contributed by atoms with van der Waals surface area (Å²) in [6.45, 7) is 4.74. The molecule has 9 aromatic rings. The van der Waals surface area contributed by atoms with E-state index in [0.717, 1.165) is 38.9 Å². The lowest BCUT2D eigenvalue weighted by Crippen LogP contribution is -2.24. The molecule has 0 bridgehead atoms. The lowest BCUT2D eigenvalue weighted by atomic mass is 9.74. The first-order valence-electron chi connectivity index (χ1n) is 19.9. The van der Waals surface area contributed by atoms with E-state index in [-0.39, 0.29) is 11.3 Å². The van der Waals surface area contributed by atoms with Gasteiger partial charge in [0.2, 0.25) is 0 Å². The first-order valence-corrected chi connectivity index (χ1v) is 19.9. The Morgan fingerprint density at radius 1 is 0.386 bits per heavy atom. The molecule has 3 nitrogen and oxygen atoms in total. The maximum atomic E-state index is 5.42. The number of fused-ring (bicyclic) bond motifs is 9. The highest BCUT2D eigenvalue weighted by Crippen LogP contribution is 2.55. The Bertz CT molecular complexity index is 3010. The van der Waals surface area contributed by atoms with E-state index in [1.807, 2.05) is 0 Å². The van der Waals surface area contributed by atoms with Gasteiger partial charge in [0.25, 0.3) is 0 Å². The number of hydrogen-bond donors (Lipinski definition) is 0. The molecule has 2 unspecified atom stereocenters. The largest absolute Gasteiger partial charge is 0.208 e. The van der Waals surface area contributed by atoms with Crippen LogP contribution in [0, 0.1) is 5.92 Å². The predicted octanol–water partition coefficient (Wildman–Crippen LogP) is 13.8. The van der Waals surface area contributed by atoms with Crippen molar-refractivity contribution in [2.45, 2.75) is 25.2 Å². The number of nitrogens with zero attached hydrogens (tertiary/aromatic N) is 3. The van der Waals surface area contributed by atoms with Gasteiger partial charge >= 0.3 is 0 Å². The highest BCUT2D eigenvalue weighted by atomic mass is 15.0. The molecule has 1 heterocycles. The Labute approximate surface area is 332 Å². The van der Waals surface area contributed by atoms with E-state index >= 15 is 0 Å². The smallest absolute Gasteiger partial charge is 0.164 e. The van der Waals surface area contributed by atoms with Gasteiger partial charge in [-0.3, -0.25) is 0 Å². The zero-order chi connectivity index (χ0) is 38.1. The van der Waals surface area contributed by atoms with Gasteiger partial charge in [-0.25, -0.2) is 15.0 Å². The molecule has 0 radical (unpaired) electrons. The lowest BCUT2D eigenvalue weighted by Gasteiger charge is -2.29. The second-order valence-electron chi connectivity index (χ2n) is 16.0. The van der Waals surface area contributed by atoms with Crippen LogP contribution in [0.5, 0.6) is 0 Å². The monoisotopic (exact) mass is 729 g/mol. The fourth-order valence-corrected chi connectivity index (χ4v) is 9.59. The molecule has 2 aliphatic carbocycles. The standard InChI is InChI=1S/C54H39N3/c1-54(2)48-26-14-13-24-45(48)50-46(25-15-27-49(50)54)53-56-51(36-28-29-44-42-22-10-9-20-40(42)41-21-11-12-23-43(41)47(44)33-36)55-52(57-53)39-31-37(34-16-5-3-6-17-34)30-38(32-39)35-18-7-4-8-19-35/h3-33,45,48H,1-2H3. The van der Waals surface area contributed by atoms with E-state index in [2.05, 4.69) is 202 Å². The number of allylic oxidation sites excluding steroid dienone is 4. The van der Waals surface area contributed by atoms with E-state index in [0.29, 0.717) is 23.4 Å². The third-order valence-electron chi connectivity index (χ3n) is 12.4. The third kappa shape index (κ3) is 5.45. The molecule has 0 saturated carbocycles. The van der Waals surface area contributed by atoms with Crippen molar-refractivity contribution >= 4 is 32.3 Å². The number of rotatable bonds is 5. The summed E-state index contributed by atoms with van der Waals surface area (Å²) in [7, 11) is 0. The van der Waals surface area contributed by atoms with E-state index in [1.54, 1.807) is 0 Å². The van der Waals surface area contributed by atoms with Gasteiger partial charge in [-0.1, -0.05) is 178 Å². The van der Waals surface area contributed by atoms with Crippen LogP contribution in [0.3, 0.4) is 0 Å². The molecule has 0 fully saturated rings. The molecule has 0 saturated heterocycles. The summed E-state index contributed by atoms with van der Waals surface area (Å²) >= 11 is 0. The van der Waals surface area contributed by atoms with E-state index in [4.69, 9.17) is 15.0 Å². The van der Waals surface area contributed by atoms with Crippen LogP contribution in [-0.2, 0) is 5.41 Å². The summed E-state index contributed by atoms with van der Waals surface area (Å²) in [5.41, 5.74) is 10.1. The number of hydrogen-bond acceptors (Lipinski definition) is 3. The second kappa shape index (κ2) is 13.1. The molecule has 270 valence electrons. The Morgan fingerprint density at radius 2 is 0.895 bits per heavy atom. The molecular formula is C54H39N3. The summed E-state index contributed by atoms with van der Waals surface area (Å²) in [6.07, 6.45) is 9.13. The van der Waals surface area contributed by atoms with Crippen molar-refractivity contribution in [2.24, 2.45) is 5.92 Å². The summed E-state index contributed by atoms with van der Waals surface area (Å²) in [6, 6.07) is 58.7. The SMILES string of the molecule is CC1(C)c2cccc(-c3nc(-c4cc(-c5ccccc5)cc(-c5ccccc5)c4)nc(-c4ccc5c6ccccc6c6ccccc6c5c4)n3)c2C2C=CC=CC21. The van der Waals surface area contributed by atoms with Crippen LogP contribution in [0.2, 0.25) is 0 Å². The van der Waals surface area contributed by atoms with Gasteiger partial charge in [0.05, 0.1) is 0 Å². The van der Waals surface area contributed by atoms with Gasteiger partial charge in [-0.15, -0.1) is 0 Å². The van der Waals surface area contributed by atoms with Crippen LogP contribution in [0.15, 0.2) is 188 Å². The molecule has 2 aliphatic rings. The zero-order valence-corrected chi connectivity index (χ0v) is 31.9. The van der Waals surface area contributed by atoms with Crippen LogP contribution < -0.4 is 0 Å². The van der Waals surface area contributed by atoms with Gasteiger partial charge in [0.1, 0.15) is 0 Å². The first kappa shape index (κ1) is 33.4. The van der Waals surface area contributed by atoms with Crippen molar-refractivity contribution in [1.29, 1.82) is 0 Å². The zero-order valence-electron chi connectivity index (χ0n) is 31.9. The van der Waals surface area contributed by atoms with E-state index in [9.17, 15) is 0 Å². The maximum absolute atomic E-state index is 5.42. The van der Waals surface area contributed by atoms with E-state index in [1.165, 1.54) is 43.4 Å². The van der Waals surface area contributed by atoms with Gasteiger partial charge < -0.3 is 0 Å². The molecule has 0 spiro atoms. The van der Waals surface area contributed by atoms with Crippen LogP contribution in [-0.4, -0.2) is 15.0 Å². The Hall–Kier alpha value is -6.97. The first-order chi connectivity index (χ1) is 28.0. The van der Waals surface area contributed by atoms with Crippen molar-refractivity contribution in [1.82, 2.24) is 15.0 Å². The maximum Gasteiger partial charge on any atom is 0.164 e. The van der Waals surface area contributed by atoms with Gasteiger partial charge in [-0.05, 0) is 101 Å². The Morgan fingerprint density at radius 3 is 1.53 bits per heavy atom. The minimum Gasteiger partial charge on any atom is -0.208 e. The van der Waals surface area contributed by atoms with Crippen LogP contribution in [0.4, 0.5) is 0 Å². The van der Waals surface area contributed by atoms with Crippen molar-refractivity contribution in [3.8, 4) is 56.4 Å². The molecule has 0 amide bonds. The molecule has 8 aromatic carbocycles. The molecule has 1 aromatic heterocycles. The molecule has 2 atom stereocenters. The van der Waals surface area contributed by atoms with Gasteiger partial charge in [-0.2, -0.15) is 0 Å². The van der Waals surface area contributed by atoms with Crippen LogP contribution in [0.25, 0.3) is 88.7 Å². The van der Waals surface area contributed by atoms with Crippen molar-refractivity contribution < 1.29 is 0 Å². The molecule has 57 heavy (non-hydrogen) atoms. The molecule has 0 aliphatic heterocycles. The number of benzene rings is 8. The van der Waals surface area contributed by atoms with Crippen molar-refractivity contribution in [3.63, 3.8) is 0 Å². The summed E-state index contributed by atoms with van der Waals surface area (Å²) in [4.78, 5) is 16.2. The van der Waals surface area contributed by atoms with E-state index < -0.39 is 0 Å². The van der Waals surface area contributed by atoms with Gasteiger partial charge in [0, 0.05) is 22.6 Å². The minimum absolute atomic E-state index is 0.0350. The van der Waals surface area contributed by atoms with Crippen LogP contribution in [0.1, 0.15) is 30.9 Å². The highest BCUT2D eigenvalue weighted by molar-refractivity contribution is 6.25. The molecule has 0 N–H and O–H groups in total. The van der Waals surface area contributed by atoms with Crippen LogP contribution >= 0.6 is 0 Å². The second-order valence-corrected chi connectivity index (χ2v) is 16.0. The van der Waals surface area contributed by atoms with Gasteiger partial charge in [0.15, 0.2) is 17.5 Å². The fourth-order valence-electron chi connectivity index (χ4n) is 9.59. The predicted molar refractivity (Wildman–Crippen MR) is 237 cm³/mol. The highest BCUT2D eigenvalue weighted by Gasteiger charge is 2.45. The lowest BCUT2D eigenvalue weighted by molar-refractivity contribution is 0.394. The normalized spacial score (nSPS) is 16.6. The summed E-state index contributed by atoms with van der Waals surface area (Å²) in [5, 5.41) is 7.37.